The van der Waals surface area contributed by atoms with Gasteiger partial charge in [0.25, 0.3) is 0 Å². The molecule has 3 rings (SSSR count). The van der Waals surface area contributed by atoms with Crippen LogP contribution in [0.1, 0.15) is 37.4 Å². The lowest BCUT2D eigenvalue weighted by atomic mass is 9.85. The lowest BCUT2D eigenvalue weighted by Crippen LogP contribution is -2.37. The van der Waals surface area contributed by atoms with Gasteiger partial charge in [-0.1, -0.05) is 41.8 Å². The van der Waals surface area contributed by atoms with Crippen LogP contribution in [0.4, 0.5) is 5.69 Å². The Morgan fingerprint density at radius 1 is 1.23 bits per heavy atom. The van der Waals surface area contributed by atoms with E-state index < -0.39 is 0 Å². The monoisotopic (exact) mass is 563 g/mol. The molecule has 1 saturated carbocycles. The Bertz CT molecular complexity index is 896. The summed E-state index contributed by atoms with van der Waals surface area (Å²) in [4.78, 5) is 16.8. The van der Waals surface area contributed by atoms with Crippen molar-refractivity contribution in [3.05, 3.63) is 51.8 Å². The van der Waals surface area contributed by atoms with Crippen molar-refractivity contribution in [2.45, 2.75) is 39.3 Å². The molecular formula is C21H28Cl2IN5O. The summed E-state index contributed by atoms with van der Waals surface area (Å²) in [5, 5.41) is 10.6. The number of nitrogens with zero attached hydrogens (tertiary/aromatic N) is 2. The molecule has 1 aromatic heterocycles. The van der Waals surface area contributed by atoms with E-state index >= 15 is 0 Å². The Morgan fingerprint density at radius 3 is 2.60 bits per heavy atom. The Morgan fingerprint density at radius 2 is 2.00 bits per heavy atom. The van der Waals surface area contributed by atoms with E-state index in [1.165, 1.54) is 0 Å². The third kappa shape index (κ3) is 6.52. The van der Waals surface area contributed by atoms with Crippen LogP contribution in [-0.2, 0) is 24.9 Å². The molecule has 3 N–H and O–H groups in total. The number of hydrogen-bond donors (Lipinski definition) is 3. The number of aliphatic imine (C=N–C) groups is 1. The molecule has 1 aliphatic rings. The van der Waals surface area contributed by atoms with E-state index in [1.807, 2.05) is 48.9 Å². The number of rotatable bonds is 7. The lowest BCUT2D eigenvalue weighted by molar-refractivity contribution is -0.122. The summed E-state index contributed by atoms with van der Waals surface area (Å²) in [6.45, 7) is 3.81. The van der Waals surface area contributed by atoms with Crippen LogP contribution in [0.3, 0.4) is 0 Å². The highest BCUT2D eigenvalue weighted by Gasteiger charge is 2.25. The van der Waals surface area contributed by atoms with Crippen molar-refractivity contribution in [3.63, 3.8) is 0 Å². The molecule has 0 aliphatic heterocycles. The fourth-order valence-electron chi connectivity index (χ4n) is 3.11. The fraction of sp³-hybridized carbons (Fsp3) is 0.429. The van der Waals surface area contributed by atoms with E-state index in [0.717, 1.165) is 42.8 Å². The van der Waals surface area contributed by atoms with Crippen LogP contribution in [0.15, 0.2) is 35.3 Å². The maximum atomic E-state index is 12.2. The summed E-state index contributed by atoms with van der Waals surface area (Å²) in [7, 11) is 1.87. The van der Waals surface area contributed by atoms with Crippen molar-refractivity contribution in [1.82, 2.24) is 15.2 Å². The normalized spacial score (nSPS) is 13.9. The van der Waals surface area contributed by atoms with Crippen LogP contribution in [0.25, 0.3) is 0 Å². The summed E-state index contributed by atoms with van der Waals surface area (Å²) >= 11 is 12.2. The van der Waals surface area contributed by atoms with Crippen molar-refractivity contribution in [2.24, 2.45) is 18.0 Å². The van der Waals surface area contributed by atoms with Crippen LogP contribution in [0.2, 0.25) is 10.2 Å². The SMILES string of the molecule is CCNC(=NCc1cccc(NC(=O)C2CCC2)c1)NCc1cc(Cl)c(Cl)n1C.I. The predicted octanol–water partition coefficient (Wildman–Crippen LogP) is 4.94. The highest BCUT2D eigenvalue weighted by Crippen LogP contribution is 2.28. The largest absolute Gasteiger partial charge is 0.357 e. The number of halogens is 3. The van der Waals surface area contributed by atoms with Gasteiger partial charge >= 0.3 is 0 Å². The third-order valence-electron chi connectivity index (χ3n) is 5.09. The Kier molecular flexibility index (Phi) is 9.77. The quantitative estimate of drug-likeness (QED) is 0.254. The van der Waals surface area contributed by atoms with E-state index in [1.54, 1.807) is 0 Å². The molecule has 1 heterocycles. The molecule has 1 amide bonds. The van der Waals surface area contributed by atoms with Gasteiger partial charge in [-0.15, -0.1) is 24.0 Å². The first-order valence-corrected chi connectivity index (χ1v) is 10.6. The molecule has 0 bridgehead atoms. The van der Waals surface area contributed by atoms with Crippen molar-refractivity contribution in [3.8, 4) is 0 Å². The Hall–Kier alpha value is -1.45. The highest BCUT2D eigenvalue weighted by atomic mass is 127. The zero-order valence-corrected chi connectivity index (χ0v) is 21.0. The number of anilines is 1. The number of hydrogen-bond acceptors (Lipinski definition) is 2. The molecule has 0 radical (unpaired) electrons. The average molecular weight is 564 g/mol. The molecule has 0 unspecified atom stereocenters. The molecule has 2 aromatic rings. The molecule has 0 spiro atoms. The third-order valence-corrected chi connectivity index (χ3v) is 5.93. The molecule has 0 saturated heterocycles. The van der Waals surface area contributed by atoms with Crippen molar-refractivity contribution in [2.75, 3.05) is 11.9 Å². The minimum Gasteiger partial charge on any atom is -0.357 e. The second-order valence-corrected chi connectivity index (χ2v) is 7.96. The van der Waals surface area contributed by atoms with Crippen LogP contribution in [0, 0.1) is 5.92 Å². The zero-order valence-electron chi connectivity index (χ0n) is 17.2. The Labute approximate surface area is 204 Å². The minimum absolute atomic E-state index is 0. The van der Waals surface area contributed by atoms with Crippen molar-refractivity contribution in [1.29, 1.82) is 0 Å². The average Bonchev–Trinajstić information content (AvgIpc) is 2.89. The Balaban J connectivity index is 0.00000320. The van der Waals surface area contributed by atoms with Gasteiger partial charge in [-0.3, -0.25) is 4.79 Å². The van der Waals surface area contributed by atoms with Crippen LogP contribution in [0.5, 0.6) is 0 Å². The first kappa shape index (κ1) is 24.8. The summed E-state index contributed by atoms with van der Waals surface area (Å²) < 4.78 is 1.84. The number of guanidine groups is 1. The summed E-state index contributed by atoms with van der Waals surface area (Å²) in [5.74, 6) is 0.984. The lowest BCUT2D eigenvalue weighted by Gasteiger charge is -2.24. The topological polar surface area (TPSA) is 70.4 Å². The fourth-order valence-corrected chi connectivity index (χ4v) is 3.52. The zero-order chi connectivity index (χ0) is 20.8. The maximum Gasteiger partial charge on any atom is 0.227 e. The van der Waals surface area contributed by atoms with E-state index in [2.05, 4.69) is 20.9 Å². The molecule has 1 fully saturated rings. The molecule has 1 aliphatic carbocycles. The predicted molar refractivity (Wildman–Crippen MR) is 135 cm³/mol. The first-order chi connectivity index (χ1) is 14.0. The second kappa shape index (κ2) is 11.8. The molecule has 9 heteroatoms. The van der Waals surface area contributed by atoms with Crippen LogP contribution >= 0.6 is 47.2 Å². The van der Waals surface area contributed by atoms with Gasteiger partial charge in [-0.25, -0.2) is 4.99 Å². The number of benzene rings is 1. The van der Waals surface area contributed by atoms with E-state index in [4.69, 9.17) is 23.2 Å². The van der Waals surface area contributed by atoms with Gasteiger partial charge in [-0.05, 0) is 43.5 Å². The summed E-state index contributed by atoms with van der Waals surface area (Å²) in [5.41, 5.74) is 2.81. The van der Waals surface area contributed by atoms with Gasteiger partial charge in [0.2, 0.25) is 5.91 Å². The van der Waals surface area contributed by atoms with Gasteiger partial charge < -0.3 is 20.5 Å². The number of carbonyl (C=O) groups is 1. The minimum atomic E-state index is 0. The molecular weight excluding hydrogens is 536 g/mol. The number of nitrogens with one attached hydrogen (secondary N) is 3. The van der Waals surface area contributed by atoms with Crippen LogP contribution in [-0.4, -0.2) is 23.0 Å². The molecule has 0 atom stereocenters. The van der Waals surface area contributed by atoms with Gasteiger partial charge in [0.1, 0.15) is 5.15 Å². The van der Waals surface area contributed by atoms with E-state index in [0.29, 0.717) is 29.2 Å². The van der Waals surface area contributed by atoms with E-state index in [-0.39, 0.29) is 35.8 Å². The molecule has 30 heavy (non-hydrogen) atoms. The van der Waals surface area contributed by atoms with Gasteiger partial charge in [0, 0.05) is 30.9 Å². The summed E-state index contributed by atoms with van der Waals surface area (Å²) in [6, 6.07) is 9.67. The van der Waals surface area contributed by atoms with Crippen molar-refractivity contribution < 1.29 is 4.79 Å². The smallest absolute Gasteiger partial charge is 0.227 e. The molecule has 6 nitrogen and oxygen atoms in total. The number of aromatic nitrogens is 1. The van der Waals surface area contributed by atoms with Crippen LogP contribution < -0.4 is 16.0 Å². The van der Waals surface area contributed by atoms with Gasteiger partial charge in [0.15, 0.2) is 5.96 Å². The molecule has 1 aromatic carbocycles. The van der Waals surface area contributed by atoms with E-state index in [9.17, 15) is 4.79 Å². The second-order valence-electron chi connectivity index (χ2n) is 7.20. The number of amides is 1. The number of carbonyl (C=O) groups excluding carboxylic acids is 1. The maximum absolute atomic E-state index is 12.2. The first-order valence-electron chi connectivity index (χ1n) is 9.89. The van der Waals surface area contributed by atoms with Gasteiger partial charge in [0.05, 0.1) is 18.1 Å². The van der Waals surface area contributed by atoms with Crippen molar-refractivity contribution >= 4 is 64.7 Å². The van der Waals surface area contributed by atoms with Gasteiger partial charge in [-0.2, -0.15) is 0 Å². The standard InChI is InChI=1S/C21H27Cl2N5O.HI/c1-3-24-21(26-13-17-11-18(22)19(23)28(17)2)25-12-14-6-4-9-16(10-14)27-20(29)15-7-5-8-15;/h4,6,9-11,15H,3,5,7-8,12-13H2,1-2H3,(H,27,29)(H2,24,25,26);1H. The summed E-state index contributed by atoms with van der Waals surface area (Å²) in [6.07, 6.45) is 3.13. The highest BCUT2D eigenvalue weighted by molar-refractivity contribution is 14.0. The molecule has 164 valence electrons.